The van der Waals surface area contributed by atoms with Crippen LogP contribution in [-0.4, -0.2) is 36.5 Å². The summed E-state index contributed by atoms with van der Waals surface area (Å²) >= 11 is 0. The molecule has 0 aromatic heterocycles. The molecule has 2 rings (SSSR count). The van der Waals surface area contributed by atoms with E-state index in [1.54, 1.807) is 17.9 Å². The van der Waals surface area contributed by atoms with Gasteiger partial charge >= 0.3 is 5.97 Å². The van der Waals surface area contributed by atoms with Gasteiger partial charge in [0.15, 0.2) is 0 Å². The number of esters is 1. The van der Waals surface area contributed by atoms with Gasteiger partial charge in [0, 0.05) is 12.6 Å². The smallest absolute Gasteiger partial charge is 0.307 e. The van der Waals surface area contributed by atoms with Gasteiger partial charge in [-0.1, -0.05) is 6.07 Å². The lowest BCUT2D eigenvalue weighted by Crippen LogP contribution is -2.45. The summed E-state index contributed by atoms with van der Waals surface area (Å²) in [6, 6.07) is 4.37. The average Bonchev–Trinajstić information content (AvgIpc) is 2.47. The summed E-state index contributed by atoms with van der Waals surface area (Å²) in [5, 5.41) is 0. The number of ether oxygens (including phenoxy) is 1. The zero-order valence-corrected chi connectivity index (χ0v) is 12.4. The van der Waals surface area contributed by atoms with Gasteiger partial charge in [-0.3, -0.25) is 9.59 Å². The minimum Gasteiger partial charge on any atom is -0.469 e. The number of nitrogens with zero attached hydrogens (tertiary/aromatic N) is 1. The van der Waals surface area contributed by atoms with E-state index in [0.29, 0.717) is 6.54 Å². The molecule has 114 valence electrons. The third kappa shape index (κ3) is 3.60. The Labute approximate surface area is 123 Å². The van der Waals surface area contributed by atoms with Crippen LogP contribution < -0.4 is 0 Å². The highest BCUT2D eigenvalue weighted by Gasteiger charge is 2.30. The van der Waals surface area contributed by atoms with Crippen molar-refractivity contribution in [3.05, 3.63) is 35.1 Å². The lowest BCUT2D eigenvalue weighted by Gasteiger charge is -2.35. The molecule has 0 saturated carbocycles. The van der Waals surface area contributed by atoms with Crippen LogP contribution in [0.4, 0.5) is 4.39 Å². The summed E-state index contributed by atoms with van der Waals surface area (Å²) in [6.45, 7) is 2.33. The fourth-order valence-corrected chi connectivity index (χ4v) is 2.70. The van der Waals surface area contributed by atoms with E-state index in [9.17, 15) is 14.0 Å². The third-order valence-electron chi connectivity index (χ3n) is 3.87. The Balaban J connectivity index is 2.20. The molecule has 0 aliphatic carbocycles. The van der Waals surface area contributed by atoms with Crippen LogP contribution in [0.3, 0.4) is 0 Å². The average molecular weight is 293 g/mol. The van der Waals surface area contributed by atoms with Crippen molar-refractivity contribution in [2.75, 3.05) is 13.7 Å². The van der Waals surface area contributed by atoms with Gasteiger partial charge in [0.1, 0.15) is 5.82 Å². The van der Waals surface area contributed by atoms with Crippen LogP contribution in [0.25, 0.3) is 0 Å². The standard InChI is InChI=1S/C16H20FNO3/c1-11-6-7-13(14(17)9-11)16(20)18-8-4-3-5-12(18)10-15(19)21-2/h6-7,9,12H,3-5,8,10H2,1-2H3. The van der Waals surface area contributed by atoms with Crippen molar-refractivity contribution in [2.45, 2.75) is 38.6 Å². The predicted octanol–water partition coefficient (Wildman–Crippen LogP) is 2.69. The molecular weight excluding hydrogens is 273 g/mol. The van der Waals surface area contributed by atoms with E-state index in [1.165, 1.54) is 19.2 Å². The molecule has 1 fully saturated rings. The van der Waals surface area contributed by atoms with E-state index in [-0.39, 0.29) is 29.9 Å². The molecule has 0 N–H and O–H groups in total. The molecule has 0 radical (unpaired) electrons. The molecule has 1 aliphatic heterocycles. The zero-order chi connectivity index (χ0) is 15.4. The van der Waals surface area contributed by atoms with Crippen molar-refractivity contribution >= 4 is 11.9 Å². The van der Waals surface area contributed by atoms with Gasteiger partial charge < -0.3 is 9.64 Å². The van der Waals surface area contributed by atoms with Crippen molar-refractivity contribution in [1.29, 1.82) is 0 Å². The largest absolute Gasteiger partial charge is 0.469 e. The number of likely N-dealkylation sites (tertiary alicyclic amines) is 1. The molecule has 1 atom stereocenters. The first-order valence-electron chi connectivity index (χ1n) is 7.17. The highest BCUT2D eigenvalue weighted by Crippen LogP contribution is 2.23. The maximum atomic E-state index is 14.0. The molecule has 1 unspecified atom stereocenters. The van der Waals surface area contributed by atoms with E-state index >= 15 is 0 Å². The lowest BCUT2D eigenvalue weighted by molar-refractivity contribution is -0.142. The summed E-state index contributed by atoms with van der Waals surface area (Å²) in [7, 11) is 1.33. The van der Waals surface area contributed by atoms with Crippen molar-refractivity contribution in [3.8, 4) is 0 Å². The molecule has 1 heterocycles. The van der Waals surface area contributed by atoms with Gasteiger partial charge in [-0.2, -0.15) is 0 Å². The Bertz CT molecular complexity index is 544. The van der Waals surface area contributed by atoms with Gasteiger partial charge in [-0.15, -0.1) is 0 Å². The second-order valence-corrected chi connectivity index (χ2v) is 5.41. The van der Waals surface area contributed by atoms with Gasteiger partial charge in [0.25, 0.3) is 5.91 Å². The minimum atomic E-state index is -0.512. The maximum absolute atomic E-state index is 14.0. The Morgan fingerprint density at radius 2 is 2.14 bits per heavy atom. The summed E-state index contributed by atoms with van der Waals surface area (Å²) in [5.74, 6) is -1.20. The molecule has 1 aliphatic rings. The SMILES string of the molecule is COC(=O)CC1CCCCN1C(=O)c1ccc(C)cc1F. The number of rotatable bonds is 3. The quantitative estimate of drug-likeness (QED) is 0.805. The monoisotopic (exact) mass is 293 g/mol. The van der Waals surface area contributed by atoms with Crippen LogP contribution in [0.15, 0.2) is 18.2 Å². The zero-order valence-electron chi connectivity index (χ0n) is 12.4. The molecule has 21 heavy (non-hydrogen) atoms. The number of methoxy groups -OCH3 is 1. The Kier molecular flexibility index (Phi) is 4.94. The molecule has 4 nitrogen and oxygen atoms in total. The number of carbonyl (C=O) groups is 2. The summed E-state index contributed by atoms with van der Waals surface area (Å²) in [5.41, 5.74) is 0.839. The topological polar surface area (TPSA) is 46.6 Å². The fourth-order valence-electron chi connectivity index (χ4n) is 2.70. The number of amides is 1. The first kappa shape index (κ1) is 15.5. The van der Waals surface area contributed by atoms with Crippen LogP contribution in [0.5, 0.6) is 0 Å². The first-order valence-corrected chi connectivity index (χ1v) is 7.17. The molecule has 0 bridgehead atoms. The van der Waals surface area contributed by atoms with E-state index in [1.807, 2.05) is 0 Å². The Morgan fingerprint density at radius 3 is 2.81 bits per heavy atom. The van der Waals surface area contributed by atoms with Crippen LogP contribution in [0.1, 0.15) is 41.6 Å². The fraction of sp³-hybridized carbons (Fsp3) is 0.500. The lowest BCUT2D eigenvalue weighted by atomic mass is 9.98. The molecule has 1 amide bonds. The number of carbonyl (C=O) groups excluding carboxylic acids is 2. The van der Waals surface area contributed by atoms with Crippen LogP contribution in [0.2, 0.25) is 0 Å². The Morgan fingerprint density at radius 1 is 1.38 bits per heavy atom. The second-order valence-electron chi connectivity index (χ2n) is 5.41. The van der Waals surface area contributed by atoms with E-state index in [0.717, 1.165) is 24.8 Å². The maximum Gasteiger partial charge on any atom is 0.307 e. The molecular formula is C16H20FNO3. The second kappa shape index (κ2) is 6.70. The van der Waals surface area contributed by atoms with Gasteiger partial charge in [0.2, 0.25) is 0 Å². The van der Waals surface area contributed by atoms with Gasteiger partial charge in [-0.05, 0) is 43.9 Å². The summed E-state index contributed by atoms with van der Waals surface area (Å²) < 4.78 is 18.6. The molecule has 5 heteroatoms. The summed E-state index contributed by atoms with van der Waals surface area (Å²) in [6.07, 6.45) is 2.74. The van der Waals surface area contributed by atoms with E-state index in [4.69, 9.17) is 0 Å². The molecule has 1 saturated heterocycles. The van der Waals surface area contributed by atoms with Crippen molar-refractivity contribution in [2.24, 2.45) is 0 Å². The summed E-state index contributed by atoms with van der Waals surface area (Å²) in [4.78, 5) is 25.6. The van der Waals surface area contributed by atoms with Gasteiger partial charge in [-0.25, -0.2) is 4.39 Å². The van der Waals surface area contributed by atoms with Crippen LogP contribution in [0, 0.1) is 12.7 Å². The number of aryl methyl sites for hydroxylation is 1. The van der Waals surface area contributed by atoms with E-state index < -0.39 is 5.82 Å². The van der Waals surface area contributed by atoms with Crippen LogP contribution in [-0.2, 0) is 9.53 Å². The van der Waals surface area contributed by atoms with Crippen LogP contribution >= 0.6 is 0 Å². The minimum absolute atomic E-state index is 0.0670. The Hall–Kier alpha value is -1.91. The number of halogens is 1. The third-order valence-corrected chi connectivity index (χ3v) is 3.87. The molecule has 1 aromatic rings. The van der Waals surface area contributed by atoms with Crippen molar-refractivity contribution in [3.63, 3.8) is 0 Å². The van der Waals surface area contributed by atoms with Crippen molar-refractivity contribution in [1.82, 2.24) is 4.90 Å². The van der Waals surface area contributed by atoms with E-state index in [2.05, 4.69) is 4.74 Å². The number of piperidine rings is 1. The molecule has 1 aromatic carbocycles. The predicted molar refractivity (Wildman–Crippen MR) is 76.4 cm³/mol. The number of hydrogen-bond acceptors (Lipinski definition) is 3. The normalized spacial score (nSPS) is 18.4. The van der Waals surface area contributed by atoms with Gasteiger partial charge in [0.05, 0.1) is 19.1 Å². The molecule has 0 spiro atoms. The number of hydrogen-bond donors (Lipinski definition) is 0. The number of benzene rings is 1. The highest BCUT2D eigenvalue weighted by molar-refractivity contribution is 5.95. The highest BCUT2D eigenvalue weighted by atomic mass is 19.1. The first-order chi connectivity index (χ1) is 10.0. The van der Waals surface area contributed by atoms with Crippen molar-refractivity contribution < 1.29 is 18.7 Å².